The maximum atomic E-state index is 10.4. The zero-order chi connectivity index (χ0) is 9.84. The minimum atomic E-state index is -0.939. The number of carboxylic acid groups (broad SMARTS) is 1. The molecular weight excluding hydrogens is 168 g/mol. The van der Waals surface area contributed by atoms with E-state index in [1.807, 2.05) is 25.1 Å². The van der Waals surface area contributed by atoms with Gasteiger partial charge in [-0.15, -0.1) is 0 Å². The summed E-state index contributed by atoms with van der Waals surface area (Å²) in [4.78, 5) is 10.4. The van der Waals surface area contributed by atoms with Gasteiger partial charge in [-0.3, -0.25) is 9.80 Å². The van der Waals surface area contributed by atoms with Crippen LogP contribution in [0, 0.1) is 6.92 Å². The van der Waals surface area contributed by atoms with Gasteiger partial charge in [0.1, 0.15) is 6.54 Å². The highest BCUT2D eigenvalue weighted by Crippen LogP contribution is 2.15. The van der Waals surface area contributed by atoms with Gasteiger partial charge in [0.05, 0.1) is 5.69 Å². The Balaban J connectivity index is 2.82. The molecule has 0 aliphatic heterocycles. The first-order chi connectivity index (χ1) is 6.11. The van der Waals surface area contributed by atoms with E-state index >= 15 is 0 Å². The molecule has 0 aliphatic rings. The van der Waals surface area contributed by atoms with Gasteiger partial charge < -0.3 is 5.11 Å². The van der Waals surface area contributed by atoms with Crippen LogP contribution in [0.5, 0.6) is 0 Å². The Morgan fingerprint density at radius 3 is 2.69 bits per heavy atom. The Kier molecular flexibility index (Phi) is 2.87. The van der Waals surface area contributed by atoms with Gasteiger partial charge in [0.25, 0.3) is 0 Å². The van der Waals surface area contributed by atoms with Crippen molar-refractivity contribution in [2.45, 2.75) is 6.92 Å². The van der Waals surface area contributed by atoms with E-state index in [1.54, 1.807) is 6.07 Å². The molecule has 13 heavy (non-hydrogen) atoms. The van der Waals surface area contributed by atoms with Crippen LogP contribution in [-0.2, 0) is 4.79 Å². The van der Waals surface area contributed by atoms with E-state index in [0.717, 1.165) is 11.3 Å². The van der Waals surface area contributed by atoms with Gasteiger partial charge in [0.15, 0.2) is 0 Å². The maximum absolute atomic E-state index is 10.4. The molecule has 1 aromatic carbocycles. The molecule has 4 nitrogen and oxygen atoms in total. The molecule has 0 atom stereocenters. The average molecular weight is 180 g/mol. The van der Waals surface area contributed by atoms with Crippen LogP contribution >= 0.6 is 0 Å². The third-order valence-corrected chi connectivity index (χ3v) is 1.73. The molecule has 0 amide bonds. The lowest BCUT2D eigenvalue weighted by Crippen LogP contribution is -2.36. The van der Waals surface area contributed by atoms with E-state index in [1.165, 1.54) is 5.01 Å². The van der Waals surface area contributed by atoms with Crippen LogP contribution in [-0.4, -0.2) is 17.6 Å². The summed E-state index contributed by atoms with van der Waals surface area (Å²) in [5.74, 6) is 4.61. The number of hydrogen-bond acceptors (Lipinski definition) is 3. The molecule has 0 unspecified atom stereocenters. The first-order valence-electron chi connectivity index (χ1n) is 3.91. The van der Waals surface area contributed by atoms with Crippen LogP contribution in [0.15, 0.2) is 24.3 Å². The summed E-state index contributed by atoms with van der Waals surface area (Å²) >= 11 is 0. The van der Waals surface area contributed by atoms with Gasteiger partial charge in [-0.2, -0.15) is 0 Å². The van der Waals surface area contributed by atoms with E-state index in [9.17, 15) is 4.79 Å². The monoisotopic (exact) mass is 180 g/mol. The molecule has 70 valence electrons. The fraction of sp³-hybridized carbons (Fsp3) is 0.222. The highest BCUT2D eigenvalue weighted by molar-refractivity contribution is 5.73. The van der Waals surface area contributed by atoms with Crippen molar-refractivity contribution in [3.63, 3.8) is 0 Å². The fourth-order valence-corrected chi connectivity index (χ4v) is 1.12. The number of para-hydroxylation sites is 1. The molecule has 1 rings (SSSR count). The van der Waals surface area contributed by atoms with Crippen LogP contribution in [0.2, 0.25) is 0 Å². The number of carboxylic acids is 1. The van der Waals surface area contributed by atoms with E-state index in [0.29, 0.717) is 0 Å². The summed E-state index contributed by atoms with van der Waals surface area (Å²) in [5.41, 5.74) is 1.70. The number of aryl methyl sites for hydroxylation is 1. The second-order valence-electron chi connectivity index (χ2n) is 2.81. The number of carbonyl (C=O) groups is 1. The van der Waals surface area contributed by atoms with Crippen molar-refractivity contribution in [2.75, 3.05) is 11.6 Å². The third kappa shape index (κ3) is 2.45. The van der Waals surface area contributed by atoms with Crippen LogP contribution in [0.1, 0.15) is 5.56 Å². The van der Waals surface area contributed by atoms with Crippen molar-refractivity contribution in [1.29, 1.82) is 0 Å². The molecule has 0 radical (unpaired) electrons. The average Bonchev–Trinajstić information content (AvgIpc) is 2.03. The fourth-order valence-electron chi connectivity index (χ4n) is 1.12. The zero-order valence-corrected chi connectivity index (χ0v) is 7.40. The molecule has 4 heteroatoms. The topological polar surface area (TPSA) is 66.6 Å². The van der Waals surface area contributed by atoms with Gasteiger partial charge in [-0.25, -0.2) is 5.84 Å². The molecular formula is C9H12N2O2. The summed E-state index contributed by atoms with van der Waals surface area (Å²) in [6, 6.07) is 7.38. The molecule has 0 bridgehead atoms. The van der Waals surface area contributed by atoms with E-state index < -0.39 is 5.97 Å². The van der Waals surface area contributed by atoms with Crippen molar-refractivity contribution in [2.24, 2.45) is 5.84 Å². The minimum absolute atomic E-state index is 0.190. The van der Waals surface area contributed by atoms with Gasteiger partial charge in [-0.1, -0.05) is 18.2 Å². The second kappa shape index (κ2) is 3.91. The molecule has 3 N–H and O–H groups in total. The Bertz CT molecular complexity index is 312. The summed E-state index contributed by atoms with van der Waals surface area (Å²) in [6.07, 6.45) is 0. The molecule has 0 saturated heterocycles. The summed E-state index contributed by atoms with van der Waals surface area (Å²) in [7, 11) is 0. The Labute approximate surface area is 76.6 Å². The number of nitrogens with zero attached hydrogens (tertiary/aromatic N) is 1. The third-order valence-electron chi connectivity index (χ3n) is 1.73. The van der Waals surface area contributed by atoms with Gasteiger partial charge in [-0.05, 0) is 18.6 Å². The van der Waals surface area contributed by atoms with Gasteiger partial charge in [0, 0.05) is 0 Å². The number of benzene rings is 1. The first kappa shape index (κ1) is 9.54. The second-order valence-corrected chi connectivity index (χ2v) is 2.81. The minimum Gasteiger partial charge on any atom is -0.480 e. The first-order valence-corrected chi connectivity index (χ1v) is 3.91. The highest BCUT2D eigenvalue weighted by atomic mass is 16.4. The molecule has 0 spiro atoms. The molecule has 0 aliphatic carbocycles. The number of aliphatic carboxylic acids is 1. The molecule has 0 heterocycles. The number of nitrogens with two attached hydrogens (primary N) is 1. The Morgan fingerprint density at radius 2 is 2.15 bits per heavy atom. The Hall–Kier alpha value is -1.55. The number of rotatable bonds is 3. The summed E-state index contributed by atoms with van der Waals surface area (Å²) < 4.78 is 0. The van der Waals surface area contributed by atoms with E-state index in [2.05, 4.69) is 0 Å². The van der Waals surface area contributed by atoms with Crippen LogP contribution in [0.3, 0.4) is 0 Å². The molecule has 1 aromatic rings. The standard InChI is InChI=1S/C9H12N2O2/c1-7-4-2-3-5-8(7)11(10)6-9(12)13/h2-5H,6,10H2,1H3,(H,12,13). The SMILES string of the molecule is Cc1ccccc1N(N)CC(=O)O. The number of hydrazine groups is 1. The van der Waals surface area contributed by atoms with Crippen molar-refractivity contribution < 1.29 is 9.90 Å². The molecule has 0 fully saturated rings. The van der Waals surface area contributed by atoms with E-state index in [-0.39, 0.29) is 6.54 Å². The Morgan fingerprint density at radius 1 is 1.54 bits per heavy atom. The van der Waals surface area contributed by atoms with E-state index in [4.69, 9.17) is 10.9 Å². The number of anilines is 1. The number of hydrogen-bond donors (Lipinski definition) is 2. The lowest BCUT2D eigenvalue weighted by Gasteiger charge is -2.17. The molecule has 0 aromatic heterocycles. The summed E-state index contributed by atoms with van der Waals surface area (Å²) in [6.45, 7) is 1.70. The van der Waals surface area contributed by atoms with Crippen LogP contribution in [0.4, 0.5) is 5.69 Å². The maximum Gasteiger partial charge on any atom is 0.324 e. The van der Waals surface area contributed by atoms with Crippen LogP contribution in [0.25, 0.3) is 0 Å². The van der Waals surface area contributed by atoms with Gasteiger partial charge >= 0.3 is 5.97 Å². The summed E-state index contributed by atoms with van der Waals surface area (Å²) in [5, 5.41) is 9.73. The van der Waals surface area contributed by atoms with Crippen LogP contribution < -0.4 is 10.9 Å². The smallest absolute Gasteiger partial charge is 0.324 e. The predicted molar refractivity (Wildman–Crippen MR) is 50.3 cm³/mol. The van der Waals surface area contributed by atoms with Gasteiger partial charge in [0.2, 0.25) is 0 Å². The van der Waals surface area contributed by atoms with Crippen molar-refractivity contribution in [1.82, 2.24) is 0 Å². The van der Waals surface area contributed by atoms with Crippen molar-refractivity contribution >= 4 is 11.7 Å². The lowest BCUT2D eigenvalue weighted by atomic mass is 10.2. The highest BCUT2D eigenvalue weighted by Gasteiger charge is 2.07. The molecule has 0 saturated carbocycles. The van der Waals surface area contributed by atoms with Crippen molar-refractivity contribution in [3.05, 3.63) is 29.8 Å². The largest absolute Gasteiger partial charge is 0.480 e. The lowest BCUT2D eigenvalue weighted by molar-refractivity contribution is -0.135. The normalized spacial score (nSPS) is 9.69. The zero-order valence-electron chi connectivity index (χ0n) is 7.40. The van der Waals surface area contributed by atoms with Crippen molar-refractivity contribution in [3.8, 4) is 0 Å². The predicted octanol–water partition coefficient (Wildman–Crippen LogP) is 0.760. The quantitative estimate of drug-likeness (QED) is 0.532.